The lowest BCUT2D eigenvalue weighted by Crippen LogP contribution is -2.33. The van der Waals surface area contributed by atoms with Gasteiger partial charge in [-0.15, -0.1) is 0 Å². The highest BCUT2D eigenvalue weighted by Gasteiger charge is 2.18. The number of nitrogens with zero attached hydrogens (tertiary/aromatic N) is 3. The van der Waals surface area contributed by atoms with Gasteiger partial charge in [-0.05, 0) is 32.0 Å². The molecule has 0 unspecified atom stereocenters. The van der Waals surface area contributed by atoms with Crippen LogP contribution in [0.25, 0.3) is 11.0 Å². The lowest BCUT2D eigenvalue weighted by Gasteiger charge is -2.24. The van der Waals surface area contributed by atoms with Gasteiger partial charge in [-0.1, -0.05) is 25.0 Å². The summed E-state index contributed by atoms with van der Waals surface area (Å²) in [5, 5.41) is 3.38. The molecule has 106 valence electrons. The van der Waals surface area contributed by atoms with Gasteiger partial charge in [0.1, 0.15) is 5.82 Å². The maximum atomic E-state index is 4.58. The first kappa shape index (κ1) is 13.3. The van der Waals surface area contributed by atoms with Crippen molar-refractivity contribution in [1.29, 1.82) is 0 Å². The normalized spacial score (nSPS) is 16.1. The van der Waals surface area contributed by atoms with E-state index in [9.17, 15) is 0 Å². The predicted octanol–water partition coefficient (Wildman–Crippen LogP) is 2.92. The van der Waals surface area contributed by atoms with Crippen molar-refractivity contribution >= 4 is 16.9 Å². The summed E-state index contributed by atoms with van der Waals surface area (Å²) in [5.41, 5.74) is 1.89. The van der Waals surface area contributed by atoms with E-state index in [1.54, 1.807) is 0 Å². The van der Waals surface area contributed by atoms with Crippen LogP contribution in [0, 0.1) is 0 Å². The van der Waals surface area contributed by atoms with Gasteiger partial charge in [0, 0.05) is 19.1 Å². The van der Waals surface area contributed by atoms with Crippen LogP contribution in [-0.2, 0) is 0 Å². The molecular formula is C16H22N4. The Hall–Kier alpha value is -1.68. The van der Waals surface area contributed by atoms with Crippen LogP contribution in [0.15, 0.2) is 30.5 Å². The zero-order valence-corrected chi connectivity index (χ0v) is 12.0. The van der Waals surface area contributed by atoms with Gasteiger partial charge in [-0.25, -0.2) is 4.98 Å². The van der Waals surface area contributed by atoms with E-state index in [-0.39, 0.29) is 0 Å². The van der Waals surface area contributed by atoms with Crippen molar-refractivity contribution in [1.82, 2.24) is 14.9 Å². The number of fused-ring (bicyclic) bond motifs is 1. The van der Waals surface area contributed by atoms with Crippen LogP contribution in [-0.4, -0.2) is 41.0 Å². The van der Waals surface area contributed by atoms with Crippen molar-refractivity contribution in [3.8, 4) is 0 Å². The number of hydrogen-bond acceptors (Lipinski definition) is 4. The number of likely N-dealkylation sites (N-methyl/N-ethyl adjacent to an activating group) is 1. The van der Waals surface area contributed by atoms with E-state index in [4.69, 9.17) is 0 Å². The molecule has 20 heavy (non-hydrogen) atoms. The lowest BCUT2D eigenvalue weighted by molar-refractivity contribution is 0.254. The van der Waals surface area contributed by atoms with Crippen molar-refractivity contribution in [3.63, 3.8) is 0 Å². The van der Waals surface area contributed by atoms with E-state index in [2.05, 4.69) is 27.2 Å². The minimum Gasteiger partial charge on any atom is -0.367 e. The van der Waals surface area contributed by atoms with Crippen LogP contribution in [0.3, 0.4) is 0 Å². The largest absolute Gasteiger partial charge is 0.367 e. The molecule has 0 amide bonds. The molecule has 0 aliphatic heterocycles. The van der Waals surface area contributed by atoms with Crippen LogP contribution in [0.2, 0.25) is 0 Å². The Morgan fingerprint density at radius 2 is 1.95 bits per heavy atom. The Balaban J connectivity index is 1.54. The first-order valence-electron chi connectivity index (χ1n) is 7.49. The molecule has 1 aromatic heterocycles. The highest BCUT2D eigenvalue weighted by Crippen LogP contribution is 2.22. The molecule has 1 heterocycles. The molecule has 1 N–H and O–H groups in total. The fraction of sp³-hybridized carbons (Fsp3) is 0.500. The lowest BCUT2D eigenvalue weighted by atomic mass is 10.2. The molecule has 4 heteroatoms. The monoisotopic (exact) mass is 270 g/mol. The second kappa shape index (κ2) is 6.18. The summed E-state index contributed by atoms with van der Waals surface area (Å²) >= 11 is 0. The number of rotatable bonds is 5. The van der Waals surface area contributed by atoms with Gasteiger partial charge in [-0.3, -0.25) is 4.98 Å². The molecule has 4 nitrogen and oxygen atoms in total. The number of anilines is 1. The van der Waals surface area contributed by atoms with Gasteiger partial charge in [0.2, 0.25) is 0 Å². The summed E-state index contributed by atoms with van der Waals surface area (Å²) in [6.07, 6.45) is 7.30. The first-order valence-corrected chi connectivity index (χ1v) is 7.49. The van der Waals surface area contributed by atoms with Crippen LogP contribution in [0.4, 0.5) is 5.82 Å². The van der Waals surface area contributed by atoms with Gasteiger partial charge in [0.05, 0.1) is 17.2 Å². The first-order chi connectivity index (χ1) is 9.83. The predicted molar refractivity (Wildman–Crippen MR) is 82.9 cm³/mol. The minimum absolute atomic E-state index is 0.777. The average molecular weight is 270 g/mol. The molecule has 1 aromatic carbocycles. The van der Waals surface area contributed by atoms with Gasteiger partial charge in [0.15, 0.2) is 0 Å². The molecule has 1 fully saturated rings. The third-order valence-electron chi connectivity index (χ3n) is 4.17. The number of benzene rings is 1. The number of para-hydroxylation sites is 2. The number of nitrogens with one attached hydrogen (secondary N) is 1. The van der Waals surface area contributed by atoms with Crippen molar-refractivity contribution in [3.05, 3.63) is 30.5 Å². The van der Waals surface area contributed by atoms with Crippen LogP contribution in [0.1, 0.15) is 25.7 Å². The summed E-state index contributed by atoms with van der Waals surface area (Å²) in [6.45, 7) is 1.97. The Morgan fingerprint density at radius 3 is 2.75 bits per heavy atom. The van der Waals surface area contributed by atoms with E-state index in [1.807, 2.05) is 30.5 Å². The SMILES string of the molecule is CN(CCNc1cnc2ccccc2n1)C1CCCC1. The minimum atomic E-state index is 0.777. The summed E-state index contributed by atoms with van der Waals surface area (Å²) in [6, 6.07) is 8.74. The topological polar surface area (TPSA) is 41.0 Å². The number of hydrogen-bond donors (Lipinski definition) is 1. The highest BCUT2D eigenvalue weighted by atomic mass is 15.2. The molecule has 2 aromatic rings. The molecule has 1 aliphatic rings. The summed E-state index contributed by atoms with van der Waals surface area (Å²) in [7, 11) is 2.23. The Labute approximate surface area is 120 Å². The van der Waals surface area contributed by atoms with E-state index < -0.39 is 0 Å². The molecule has 0 spiro atoms. The van der Waals surface area contributed by atoms with Gasteiger partial charge >= 0.3 is 0 Å². The molecule has 3 rings (SSSR count). The van der Waals surface area contributed by atoms with Crippen molar-refractivity contribution in [2.75, 3.05) is 25.5 Å². The average Bonchev–Trinajstić information content (AvgIpc) is 3.01. The van der Waals surface area contributed by atoms with E-state index in [1.165, 1.54) is 25.7 Å². The standard InChI is InChI=1S/C16H22N4/c1-20(13-6-2-3-7-13)11-10-17-16-12-18-14-8-4-5-9-15(14)19-16/h4-5,8-9,12-13H,2-3,6-7,10-11H2,1H3,(H,17,19). The van der Waals surface area contributed by atoms with Crippen molar-refractivity contribution in [2.24, 2.45) is 0 Å². The molecule has 0 radical (unpaired) electrons. The highest BCUT2D eigenvalue weighted by molar-refractivity contribution is 5.75. The molecular weight excluding hydrogens is 248 g/mol. The second-order valence-electron chi connectivity index (χ2n) is 5.59. The maximum absolute atomic E-state index is 4.58. The van der Waals surface area contributed by atoms with E-state index >= 15 is 0 Å². The summed E-state index contributed by atoms with van der Waals surface area (Å²) in [4.78, 5) is 11.5. The Kier molecular flexibility index (Phi) is 4.11. The van der Waals surface area contributed by atoms with Crippen LogP contribution in [0.5, 0.6) is 0 Å². The van der Waals surface area contributed by atoms with Crippen LogP contribution >= 0.6 is 0 Å². The zero-order valence-electron chi connectivity index (χ0n) is 12.0. The molecule has 0 bridgehead atoms. The van der Waals surface area contributed by atoms with Crippen LogP contribution < -0.4 is 5.32 Å². The third kappa shape index (κ3) is 3.07. The summed E-state index contributed by atoms with van der Waals surface area (Å²) < 4.78 is 0. The quantitative estimate of drug-likeness (QED) is 0.907. The zero-order chi connectivity index (χ0) is 13.8. The van der Waals surface area contributed by atoms with Crippen molar-refractivity contribution < 1.29 is 0 Å². The Morgan fingerprint density at radius 1 is 1.20 bits per heavy atom. The third-order valence-corrected chi connectivity index (χ3v) is 4.17. The second-order valence-corrected chi connectivity index (χ2v) is 5.59. The molecule has 1 aliphatic carbocycles. The van der Waals surface area contributed by atoms with Gasteiger partial charge in [0.25, 0.3) is 0 Å². The van der Waals surface area contributed by atoms with E-state index in [0.29, 0.717) is 0 Å². The van der Waals surface area contributed by atoms with Crippen molar-refractivity contribution in [2.45, 2.75) is 31.7 Å². The molecule has 1 saturated carbocycles. The van der Waals surface area contributed by atoms with Gasteiger partial charge in [-0.2, -0.15) is 0 Å². The van der Waals surface area contributed by atoms with E-state index in [0.717, 1.165) is 36.0 Å². The van der Waals surface area contributed by atoms with Gasteiger partial charge < -0.3 is 10.2 Å². The molecule has 0 atom stereocenters. The smallest absolute Gasteiger partial charge is 0.145 e. The molecule has 0 saturated heterocycles. The number of aromatic nitrogens is 2. The summed E-state index contributed by atoms with van der Waals surface area (Å²) in [5.74, 6) is 0.864. The fourth-order valence-electron chi connectivity index (χ4n) is 2.93. The Bertz CT molecular complexity index is 563. The maximum Gasteiger partial charge on any atom is 0.145 e. The fourth-order valence-corrected chi connectivity index (χ4v) is 2.93.